The number of ether oxygens (including phenoxy) is 1. The molecule has 200 valence electrons. The van der Waals surface area contributed by atoms with Gasteiger partial charge in [0.15, 0.2) is 0 Å². The summed E-state index contributed by atoms with van der Waals surface area (Å²) < 4.78 is 44.0. The summed E-state index contributed by atoms with van der Waals surface area (Å²) in [6.45, 7) is 5.62. The third kappa shape index (κ3) is 6.70. The van der Waals surface area contributed by atoms with E-state index in [-0.39, 0.29) is 11.9 Å². The number of hydrogen-bond acceptors (Lipinski definition) is 5. The lowest BCUT2D eigenvalue weighted by atomic mass is 9.93. The molecule has 0 spiro atoms. The first-order valence-corrected chi connectivity index (χ1v) is 12.6. The van der Waals surface area contributed by atoms with Crippen LogP contribution in [0.1, 0.15) is 47.7 Å². The average molecular weight is 526 g/mol. The maximum atomic E-state index is 13.1. The Balaban J connectivity index is 1.42. The van der Waals surface area contributed by atoms with E-state index in [1.54, 1.807) is 37.4 Å². The van der Waals surface area contributed by atoms with E-state index in [1.807, 2.05) is 13.0 Å². The second-order valence-electron chi connectivity index (χ2n) is 9.42. The third-order valence-electron chi connectivity index (χ3n) is 6.65. The van der Waals surface area contributed by atoms with Crippen LogP contribution in [0.25, 0.3) is 11.1 Å². The summed E-state index contributed by atoms with van der Waals surface area (Å²) in [4.78, 5) is 31.5. The number of halogens is 3. The van der Waals surface area contributed by atoms with Crippen molar-refractivity contribution in [2.45, 2.75) is 39.3 Å². The number of piperidine rings is 1. The first kappa shape index (κ1) is 27.2. The number of carbonyl (C=O) groups excluding carboxylic acids is 2. The molecule has 0 aliphatic carbocycles. The Hall–Kier alpha value is -3.88. The lowest BCUT2D eigenvalue weighted by molar-refractivity contribution is -0.144. The van der Waals surface area contributed by atoms with Crippen molar-refractivity contribution in [3.05, 3.63) is 77.5 Å². The Morgan fingerprint density at radius 2 is 1.76 bits per heavy atom. The van der Waals surface area contributed by atoms with E-state index in [0.717, 1.165) is 49.4 Å². The van der Waals surface area contributed by atoms with Gasteiger partial charge in [0.25, 0.3) is 5.91 Å². The minimum Gasteiger partial charge on any atom is -0.466 e. The van der Waals surface area contributed by atoms with Crippen LogP contribution in [0.3, 0.4) is 0 Å². The Bertz CT molecular complexity index is 1270. The zero-order valence-corrected chi connectivity index (χ0v) is 21.3. The smallest absolute Gasteiger partial charge is 0.416 e. The highest BCUT2D eigenvalue weighted by molar-refractivity contribution is 6.08. The number of hydrogen-bond donors (Lipinski definition) is 1. The number of benzene rings is 2. The molecular weight excluding hydrogens is 495 g/mol. The zero-order chi connectivity index (χ0) is 27.3. The van der Waals surface area contributed by atoms with Gasteiger partial charge in [0.2, 0.25) is 0 Å². The number of amides is 1. The second-order valence-corrected chi connectivity index (χ2v) is 9.42. The lowest BCUT2D eigenvalue weighted by Crippen LogP contribution is -2.35. The summed E-state index contributed by atoms with van der Waals surface area (Å²) in [5.41, 5.74) is 2.07. The van der Waals surface area contributed by atoms with Crippen LogP contribution in [0, 0.1) is 12.8 Å². The van der Waals surface area contributed by atoms with Crippen LogP contribution in [0.5, 0.6) is 0 Å². The van der Waals surface area contributed by atoms with E-state index in [9.17, 15) is 22.8 Å². The van der Waals surface area contributed by atoms with Crippen molar-refractivity contribution in [2.24, 2.45) is 5.92 Å². The Morgan fingerprint density at radius 3 is 2.37 bits per heavy atom. The number of rotatable bonds is 7. The number of aromatic nitrogens is 1. The molecule has 0 unspecified atom stereocenters. The van der Waals surface area contributed by atoms with Crippen molar-refractivity contribution in [2.75, 3.05) is 29.9 Å². The van der Waals surface area contributed by atoms with Gasteiger partial charge < -0.3 is 15.0 Å². The molecule has 1 saturated heterocycles. The molecule has 4 rings (SSSR count). The Labute approximate surface area is 219 Å². The standard InChI is InChI=1S/C29H30F3N3O3/c1-3-38-27(36)17-20-12-14-35(15-13-20)26-11-9-23(18-33-26)34-28(37)24-10-4-19(2)16-25(24)21-5-7-22(8-6-21)29(30,31)32/h4-11,16,18,20H,3,12-15,17H2,1-2H3,(H,34,37). The second kappa shape index (κ2) is 11.7. The minimum atomic E-state index is -4.43. The van der Waals surface area contributed by atoms with Gasteiger partial charge in [-0.25, -0.2) is 4.98 Å². The SMILES string of the molecule is CCOC(=O)CC1CCN(c2ccc(NC(=O)c3ccc(C)cc3-c3ccc(C(F)(F)F)cc3)cn2)CC1. The molecule has 9 heteroatoms. The normalized spacial score (nSPS) is 14.3. The van der Waals surface area contributed by atoms with Crippen molar-refractivity contribution in [1.82, 2.24) is 4.98 Å². The van der Waals surface area contributed by atoms with Gasteiger partial charge in [-0.3, -0.25) is 9.59 Å². The molecule has 1 aliphatic rings. The number of alkyl halides is 3. The fourth-order valence-electron chi connectivity index (χ4n) is 4.60. The monoisotopic (exact) mass is 525 g/mol. The summed E-state index contributed by atoms with van der Waals surface area (Å²) >= 11 is 0. The zero-order valence-electron chi connectivity index (χ0n) is 21.3. The van der Waals surface area contributed by atoms with Gasteiger partial charge in [-0.15, -0.1) is 0 Å². The molecule has 1 N–H and O–H groups in total. The van der Waals surface area contributed by atoms with Crippen LogP contribution in [0.2, 0.25) is 0 Å². The number of pyridine rings is 1. The molecule has 1 aliphatic heterocycles. The van der Waals surface area contributed by atoms with E-state index in [1.165, 1.54) is 12.1 Å². The van der Waals surface area contributed by atoms with Gasteiger partial charge in [0, 0.05) is 25.1 Å². The first-order valence-electron chi connectivity index (χ1n) is 12.6. The predicted molar refractivity (Wildman–Crippen MR) is 140 cm³/mol. The maximum Gasteiger partial charge on any atom is 0.416 e. The average Bonchev–Trinajstić information content (AvgIpc) is 2.89. The fraction of sp³-hybridized carbons (Fsp3) is 0.345. The van der Waals surface area contributed by atoms with Gasteiger partial charge in [-0.2, -0.15) is 13.2 Å². The topological polar surface area (TPSA) is 71.5 Å². The van der Waals surface area contributed by atoms with Crippen molar-refractivity contribution in [3.8, 4) is 11.1 Å². The van der Waals surface area contributed by atoms with Crippen LogP contribution in [-0.4, -0.2) is 36.6 Å². The third-order valence-corrected chi connectivity index (χ3v) is 6.65. The number of nitrogens with one attached hydrogen (secondary N) is 1. The van der Waals surface area contributed by atoms with Crippen molar-refractivity contribution in [1.29, 1.82) is 0 Å². The van der Waals surface area contributed by atoms with Gasteiger partial charge in [0.05, 0.1) is 24.1 Å². The fourth-order valence-corrected chi connectivity index (χ4v) is 4.60. The first-order chi connectivity index (χ1) is 18.1. The highest BCUT2D eigenvalue weighted by Crippen LogP contribution is 2.32. The Morgan fingerprint density at radius 1 is 1.05 bits per heavy atom. The number of nitrogens with zero attached hydrogens (tertiary/aromatic N) is 2. The number of anilines is 2. The molecule has 0 saturated carbocycles. The maximum absolute atomic E-state index is 13.1. The van der Waals surface area contributed by atoms with E-state index >= 15 is 0 Å². The van der Waals surface area contributed by atoms with E-state index in [0.29, 0.717) is 41.3 Å². The summed E-state index contributed by atoms with van der Waals surface area (Å²) in [6.07, 6.45) is -0.654. The van der Waals surface area contributed by atoms with Crippen LogP contribution in [0.4, 0.5) is 24.7 Å². The summed E-state index contributed by atoms with van der Waals surface area (Å²) in [7, 11) is 0. The van der Waals surface area contributed by atoms with E-state index in [4.69, 9.17) is 4.74 Å². The predicted octanol–water partition coefficient (Wildman–Crippen LogP) is 6.50. The molecule has 1 amide bonds. The largest absolute Gasteiger partial charge is 0.466 e. The summed E-state index contributed by atoms with van der Waals surface area (Å²) in [6, 6.07) is 13.6. The number of aryl methyl sites for hydroxylation is 1. The highest BCUT2D eigenvalue weighted by atomic mass is 19.4. The molecule has 1 aromatic heterocycles. The van der Waals surface area contributed by atoms with Gasteiger partial charge >= 0.3 is 12.1 Å². The van der Waals surface area contributed by atoms with Crippen LogP contribution in [-0.2, 0) is 15.7 Å². The van der Waals surface area contributed by atoms with Gasteiger partial charge in [-0.05, 0) is 74.1 Å². The minimum absolute atomic E-state index is 0.153. The molecule has 2 aromatic carbocycles. The number of carbonyl (C=O) groups is 2. The van der Waals surface area contributed by atoms with Crippen LogP contribution in [0.15, 0.2) is 60.8 Å². The molecule has 6 nitrogen and oxygen atoms in total. The number of esters is 1. The highest BCUT2D eigenvalue weighted by Gasteiger charge is 2.30. The van der Waals surface area contributed by atoms with Crippen molar-refractivity contribution in [3.63, 3.8) is 0 Å². The molecule has 0 radical (unpaired) electrons. The molecule has 1 fully saturated rings. The van der Waals surface area contributed by atoms with E-state index in [2.05, 4.69) is 15.2 Å². The molecule has 2 heterocycles. The molecule has 0 atom stereocenters. The molecule has 38 heavy (non-hydrogen) atoms. The van der Waals surface area contributed by atoms with Crippen LogP contribution < -0.4 is 10.2 Å². The van der Waals surface area contributed by atoms with Crippen molar-refractivity contribution < 1.29 is 27.5 Å². The summed E-state index contributed by atoms with van der Waals surface area (Å²) in [5, 5.41) is 2.84. The molecule has 0 bridgehead atoms. The Kier molecular flexibility index (Phi) is 8.34. The molecule has 3 aromatic rings. The van der Waals surface area contributed by atoms with E-state index < -0.39 is 11.7 Å². The van der Waals surface area contributed by atoms with Gasteiger partial charge in [0.1, 0.15) is 5.82 Å². The van der Waals surface area contributed by atoms with Crippen LogP contribution >= 0.6 is 0 Å². The molecular formula is C29H30F3N3O3. The lowest BCUT2D eigenvalue weighted by Gasteiger charge is -2.32. The van der Waals surface area contributed by atoms with Crippen molar-refractivity contribution >= 4 is 23.4 Å². The summed E-state index contributed by atoms with van der Waals surface area (Å²) in [5.74, 6) is 0.559. The quantitative estimate of drug-likeness (QED) is 0.357. The van der Waals surface area contributed by atoms with Gasteiger partial charge in [-0.1, -0.05) is 29.8 Å².